The van der Waals surface area contributed by atoms with E-state index >= 15 is 0 Å². The van der Waals surface area contributed by atoms with Crippen LogP contribution in [0.15, 0.2) is 18.2 Å². The summed E-state index contributed by atoms with van der Waals surface area (Å²) >= 11 is 0. The van der Waals surface area contributed by atoms with Gasteiger partial charge in [-0.2, -0.15) is 0 Å². The summed E-state index contributed by atoms with van der Waals surface area (Å²) in [4.78, 5) is 26.0. The Morgan fingerprint density at radius 2 is 2.07 bits per heavy atom. The molecule has 1 aromatic rings. The second-order valence-electron chi connectivity index (χ2n) is 8.00. The first-order valence-electron chi connectivity index (χ1n) is 10.2. The molecular formula is C21H31N3O5. The molecule has 2 amide bonds. The van der Waals surface area contributed by atoms with Gasteiger partial charge in [0.25, 0.3) is 0 Å². The summed E-state index contributed by atoms with van der Waals surface area (Å²) in [6, 6.07) is 5.59. The largest absolute Gasteiger partial charge is 0.487 e. The van der Waals surface area contributed by atoms with E-state index in [9.17, 15) is 14.7 Å². The molecule has 0 spiro atoms. The maximum absolute atomic E-state index is 12.1. The minimum atomic E-state index is -0.489. The molecule has 1 saturated heterocycles. The number of nitrogens with zero attached hydrogens (tertiary/aromatic N) is 1. The van der Waals surface area contributed by atoms with Gasteiger partial charge in [-0.15, -0.1) is 0 Å². The fourth-order valence-corrected chi connectivity index (χ4v) is 4.00. The van der Waals surface area contributed by atoms with E-state index in [1.807, 2.05) is 39.2 Å². The highest BCUT2D eigenvalue weighted by atomic mass is 16.6. The van der Waals surface area contributed by atoms with Crippen LogP contribution in [-0.4, -0.2) is 73.9 Å². The number of carbonyl (C=O) groups is 2. The van der Waals surface area contributed by atoms with Gasteiger partial charge in [-0.3, -0.25) is 9.59 Å². The number of hydrogen-bond donors (Lipinski definition) is 3. The van der Waals surface area contributed by atoms with Crippen LogP contribution in [0.25, 0.3) is 0 Å². The number of fused-ring (bicyclic) bond motifs is 3. The fraction of sp³-hybridized carbons (Fsp3) is 0.619. The first-order chi connectivity index (χ1) is 13.9. The van der Waals surface area contributed by atoms with Crippen LogP contribution in [0.4, 0.5) is 5.69 Å². The first-order valence-corrected chi connectivity index (χ1v) is 10.2. The van der Waals surface area contributed by atoms with E-state index in [1.165, 1.54) is 0 Å². The minimum absolute atomic E-state index is 0.00516. The molecule has 0 aromatic heterocycles. The van der Waals surface area contributed by atoms with E-state index in [0.717, 1.165) is 17.7 Å². The van der Waals surface area contributed by atoms with Crippen molar-refractivity contribution >= 4 is 17.5 Å². The fourth-order valence-electron chi connectivity index (χ4n) is 4.00. The third kappa shape index (κ3) is 5.26. The van der Waals surface area contributed by atoms with Crippen LogP contribution in [0.1, 0.15) is 37.7 Å². The monoisotopic (exact) mass is 405 g/mol. The predicted molar refractivity (Wildman–Crippen MR) is 109 cm³/mol. The van der Waals surface area contributed by atoms with Crippen LogP contribution >= 0.6 is 0 Å². The summed E-state index contributed by atoms with van der Waals surface area (Å²) in [5.41, 5.74) is 1.70. The van der Waals surface area contributed by atoms with Gasteiger partial charge in [0.1, 0.15) is 18.0 Å². The maximum Gasteiger partial charge on any atom is 0.238 e. The van der Waals surface area contributed by atoms with Crippen molar-refractivity contribution in [3.63, 3.8) is 0 Å². The molecule has 0 radical (unpaired) electrons. The van der Waals surface area contributed by atoms with Gasteiger partial charge in [-0.05, 0) is 45.1 Å². The summed E-state index contributed by atoms with van der Waals surface area (Å²) < 4.78 is 12.0. The van der Waals surface area contributed by atoms with Crippen molar-refractivity contribution in [1.29, 1.82) is 0 Å². The molecule has 3 rings (SSSR count). The summed E-state index contributed by atoms with van der Waals surface area (Å²) in [6.07, 6.45) is 0.698. The lowest BCUT2D eigenvalue weighted by atomic mass is 9.84. The molecule has 0 bridgehead atoms. The van der Waals surface area contributed by atoms with E-state index in [0.29, 0.717) is 25.2 Å². The number of rotatable bonds is 8. The molecule has 0 saturated carbocycles. The number of hydrogen-bond acceptors (Lipinski definition) is 6. The van der Waals surface area contributed by atoms with Crippen LogP contribution in [0.5, 0.6) is 5.75 Å². The molecule has 29 heavy (non-hydrogen) atoms. The number of aliphatic hydroxyl groups is 1. The summed E-state index contributed by atoms with van der Waals surface area (Å²) in [7, 11) is 3.68. The average molecular weight is 405 g/mol. The lowest BCUT2D eigenvalue weighted by Gasteiger charge is -2.37. The van der Waals surface area contributed by atoms with Gasteiger partial charge in [0.05, 0.1) is 25.7 Å². The van der Waals surface area contributed by atoms with E-state index in [1.54, 1.807) is 4.90 Å². The Kier molecular flexibility index (Phi) is 7.10. The summed E-state index contributed by atoms with van der Waals surface area (Å²) in [6.45, 7) is 2.78. The van der Waals surface area contributed by atoms with Crippen molar-refractivity contribution in [3.8, 4) is 5.75 Å². The molecule has 1 aromatic carbocycles. The van der Waals surface area contributed by atoms with Crippen molar-refractivity contribution in [1.82, 2.24) is 10.2 Å². The number of amides is 2. The molecule has 1 fully saturated rings. The number of carbonyl (C=O) groups excluding carboxylic acids is 2. The summed E-state index contributed by atoms with van der Waals surface area (Å²) in [5.74, 6) is 0.612. The molecule has 0 aliphatic carbocycles. The van der Waals surface area contributed by atoms with Crippen molar-refractivity contribution < 1.29 is 24.2 Å². The lowest BCUT2D eigenvalue weighted by Crippen LogP contribution is -2.47. The van der Waals surface area contributed by atoms with E-state index < -0.39 is 6.10 Å². The zero-order valence-corrected chi connectivity index (χ0v) is 17.3. The highest BCUT2D eigenvalue weighted by Crippen LogP contribution is 2.47. The Balaban J connectivity index is 1.73. The molecule has 2 aliphatic rings. The molecule has 160 valence electrons. The van der Waals surface area contributed by atoms with Gasteiger partial charge in [0.2, 0.25) is 11.8 Å². The third-order valence-corrected chi connectivity index (χ3v) is 5.23. The highest BCUT2D eigenvalue weighted by molar-refractivity contribution is 5.92. The Bertz CT molecular complexity index is 739. The molecule has 8 nitrogen and oxygen atoms in total. The van der Waals surface area contributed by atoms with Gasteiger partial charge in [0, 0.05) is 23.7 Å². The van der Waals surface area contributed by atoms with Crippen LogP contribution in [0.2, 0.25) is 0 Å². The zero-order chi connectivity index (χ0) is 21.0. The topological polar surface area (TPSA) is 100 Å². The minimum Gasteiger partial charge on any atom is -0.487 e. The zero-order valence-electron chi connectivity index (χ0n) is 17.3. The number of aliphatic hydroxyl groups excluding tert-OH is 1. The van der Waals surface area contributed by atoms with E-state index in [4.69, 9.17) is 9.47 Å². The number of ether oxygens (including phenoxy) is 2. The Morgan fingerprint density at radius 1 is 1.28 bits per heavy atom. The number of likely N-dealkylation sites (N-methyl/N-ethyl adjacent to an activating group) is 1. The van der Waals surface area contributed by atoms with Crippen LogP contribution in [0.3, 0.4) is 0 Å². The van der Waals surface area contributed by atoms with Crippen molar-refractivity contribution in [3.05, 3.63) is 23.8 Å². The molecule has 8 heteroatoms. The van der Waals surface area contributed by atoms with Gasteiger partial charge in [-0.25, -0.2) is 0 Å². The molecule has 2 aliphatic heterocycles. The van der Waals surface area contributed by atoms with E-state index in [2.05, 4.69) is 10.6 Å². The van der Waals surface area contributed by atoms with Crippen LogP contribution in [0, 0.1) is 0 Å². The van der Waals surface area contributed by atoms with Gasteiger partial charge in [0.15, 0.2) is 0 Å². The smallest absolute Gasteiger partial charge is 0.238 e. The normalized spacial score (nSPS) is 25.1. The lowest BCUT2D eigenvalue weighted by molar-refractivity contribution is -0.142. The molecule has 4 atom stereocenters. The maximum atomic E-state index is 12.1. The van der Waals surface area contributed by atoms with Crippen molar-refractivity contribution in [2.75, 3.05) is 39.1 Å². The highest BCUT2D eigenvalue weighted by Gasteiger charge is 2.46. The summed E-state index contributed by atoms with van der Waals surface area (Å²) in [5, 5.41) is 15.6. The molecule has 0 unspecified atom stereocenters. The van der Waals surface area contributed by atoms with Crippen LogP contribution < -0.4 is 15.4 Å². The third-order valence-electron chi connectivity index (χ3n) is 5.23. The number of benzene rings is 1. The molecule has 3 N–H and O–H groups in total. The number of nitrogens with one attached hydrogen (secondary N) is 2. The average Bonchev–Trinajstić information content (AvgIpc) is 3.03. The van der Waals surface area contributed by atoms with Crippen molar-refractivity contribution in [2.24, 2.45) is 0 Å². The number of anilines is 1. The quantitative estimate of drug-likeness (QED) is 0.599. The predicted octanol–water partition coefficient (Wildman–Crippen LogP) is 1.10. The van der Waals surface area contributed by atoms with Gasteiger partial charge in [-0.1, -0.05) is 6.92 Å². The standard InChI is InChI=1S/C21H31N3O5/c1-4-7-22-19(26)10-14-9-16-15-8-13(23-20(27)11-24(2)3)5-6-17(15)29-21(16)18(12-25)28-14/h5-6,8,14,16,18,21,25H,4,7,9-12H2,1-3H3,(H,22,26)(H,23,27)/t14-,16+,18+,21-/m0/s1. The van der Waals surface area contributed by atoms with E-state index in [-0.39, 0.29) is 43.0 Å². The molecular weight excluding hydrogens is 374 g/mol. The van der Waals surface area contributed by atoms with Crippen LogP contribution in [-0.2, 0) is 14.3 Å². The SMILES string of the molecule is CCCNC(=O)C[C@@H]1C[C@@H]2c3cc(NC(=O)CN(C)C)ccc3O[C@@H]2[C@@H](CO)O1. The van der Waals surface area contributed by atoms with Crippen molar-refractivity contribution in [2.45, 2.75) is 50.4 Å². The first kappa shape index (κ1) is 21.5. The van der Waals surface area contributed by atoms with Gasteiger partial charge < -0.3 is 30.1 Å². The Labute approximate surface area is 171 Å². The second kappa shape index (κ2) is 9.56. The molecule has 2 heterocycles. The Hall–Kier alpha value is -2.16. The van der Waals surface area contributed by atoms with Gasteiger partial charge >= 0.3 is 0 Å². The Morgan fingerprint density at radius 3 is 2.76 bits per heavy atom. The second-order valence-corrected chi connectivity index (χ2v) is 8.00.